The monoisotopic (exact) mass is 349 g/mol. The maximum Gasteiger partial charge on any atom is 0.167 e. The number of aliphatic imine (C=N–C) groups is 1. The van der Waals surface area contributed by atoms with E-state index in [0.29, 0.717) is 5.02 Å². The van der Waals surface area contributed by atoms with E-state index in [4.69, 9.17) is 16.1 Å². The Kier molecular flexibility index (Phi) is 5.28. The standard InChI is InChI=1S/C17H20ClN3OS/c1-19-17(23-2)21-9-4-3-8-15(21)14-11-16(22-20-14)12-6-5-7-13(18)10-12/h5-7,10-11,15H,3-4,8-9H2,1-2H3. The van der Waals surface area contributed by atoms with E-state index in [-0.39, 0.29) is 6.04 Å². The summed E-state index contributed by atoms with van der Waals surface area (Å²) in [5.74, 6) is 0.757. The molecule has 3 rings (SSSR count). The number of likely N-dealkylation sites (tertiary alicyclic amines) is 1. The van der Waals surface area contributed by atoms with Gasteiger partial charge >= 0.3 is 0 Å². The van der Waals surface area contributed by atoms with Crippen molar-refractivity contribution in [3.63, 3.8) is 0 Å². The number of amidine groups is 1. The zero-order valence-corrected chi connectivity index (χ0v) is 14.9. The van der Waals surface area contributed by atoms with Crippen molar-refractivity contribution in [1.82, 2.24) is 10.1 Å². The third-order valence-electron chi connectivity index (χ3n) is 4.10. The summed E-state index contributed by atoms with van der Waals surface area (Å²) >= 11 is 7.74. The van der Waals surface area contributed by atoms with Gasteiger partial charge in [0.25, 0.3) is 0 Å². The van der Waals surface area contributed by atoms with Crippen LogP contribution in [0.1, 0.15) is 31.0 Å². The third kappa shape index (κ3) is 3.56. The van der Waals surface area contributed by atoms with Gasteiger partial charge in [-0.25, -0.2) is 0 Å². The van der Waals surface area contributed by atoms with Gasteiger partial charge in [-0.2, -0.15) is 0 Å². The second-order valence-electron chi connectivity index (χ2n) is 5.54. The van der Waals surface area contributed by atoms with Crippen LogP contribution in [0.3, 0.4) is 0 Å². The lowest BCUT2D eigenvalue weighted by Crippen LogP contribution is -2.37. The van der Waals surface area contributed by atoms with Gasteiger partial charge in [-0.3, -0.25) is 4.99 Å². The minimum atomic E-state index is 0.228. The first-order valence-corrected chi connectivity index (χ1v) is 9.33. The number of halogens is 1. The lowest BCUT2D eigenvalue weighted by atomic mass is 9.99. The number of hydrogen-bond donors (Lipinski definition) is 0. The summed E-state index contributed by atoms with van der Waals surface area (Å²) in [5.41, 5.74) is 1.92. The molecule has 1 unspecified atom stereocenters. The Hall–Kier alpha value is -1.46. The van der Waals surface area contributed by atoms with E-state index < -0.39 is 0 Å². The smallest absolute Gasteiger partial charge is 0.167 e. The molecule has 4 nitrogen and oxygen atoms in total. The zero-order valence-electron chi connectivity index (χ0n) is 13.3. The van der Waals surface area contributed by atoms with Crippen molar-refractivity contribution >= 4 is 28.5 Å². The summed E-state index contributed by atoms with van der Waals surface area (Å²) in [6, 6.07) is 9.91. The van der Waals surface area contributed by atoms with Crippen LogP contribution in [-0.2, 0) is 0 Å². The van der Waals surface area contributed by atoms with Crippen molar-refractivity contribution in [1.29, 1.82) is 0 Å². The van der Waals surface area contributed by atoms with Crippen LogP contribution in [0, 0.1) is 0 Å². The molecule has 1 aromatic heterocycles. The van der Waals surface area contributed by atoms with Gasteiger partial charge in [0.1, 0.15) is 5.69 Å². The van der Waals surface area contributed by atoms with Gasteiger partial charge in [0.2, 0.25) is 0 Å². The molecule has 0 radical (unpaired) electrons. The highest BCUT2D eigenvalue weighted by Gasteiger charge is 2.29. The largest absolute Gasteiger partial charge is 0.356 e. The maximum absolute atomic E-state index is 6.06. The molecule has 1 aliphatic rings. The Morgan fingerprint density at radius 2 is 2.26 bits per heavy atom. The van der Waals surface area contributed by atoms with Crippen LogP contribution in [0.25, 0.3) is 11.3 Å². The minimum Gasteiger partial charge on any atom is -0.356 e. The Labute approximate surface area is 145 Å². The topological polar surface area (TPSA) is 41.6 Å². The second-order valence-corrected chi connectivity index (χ2v) is 6.75. The van der Waals surface area contributed by atoms with Crippen molar-refractivity contribution in [3.05, 3.63) is 41.0 Å². The number of benzene rings is 1. The summed E-state index contributed by atoms with van der Waals surface area (Å²) in [7, 11) is 1.84. The molecule has 23 heavy (non-hydrogen) atoms. The summed E-state index contributed by atoms with van der Waals surface area (Å²) in [6.45, 7) is 1.01. The Bertz CT molecular complexity index is 701. The molecule has 1 atom stereocenters. The number of aromatic nitrogens is 1. The summed E-state index contributed by atoms with van der Waals surface area (Å²) in [5, 5.41) is 6.08. The van der Waals surface area contributed by atoms with E-state index in [2.05, 4.69) is 21.3 Å². The first kappa shape index (κ1) is 16.4. The van der Waals surface area contributed by atoms with Gasteiger partial charge in [0.15, 0.2) is 10.9 Å². The average Bonchev–Trinajstić information content (AvgIpc) is 3.06. The fourth-order valence-electron chi connectivity index (χ4n) is 3.03. The van der Waals surface area contributed by atoms with Gasteiger partial charge in [-0.05, 0) is 37.7 Å². The highest BCUT2D eigenvalue weighted by molar-refractivity contribution is 8.13. The molecule has 0 saturated carbocycles. The summed E-state index contributed by atoms with van der Waals surface area (Å²) < 4.78 is 5.57. The zero-order chi connectivity index (χ0) is 16.2. The molecule has 1 saturated heterocycles. The average molecular weight is 350 g/mol. The molecule has 0 spiro atoms. The second kappa shape index (κ2) is 7.41. The van der Waals surface area contributed by atoms with Crippen LogP contribution >= 0.6 is 23.4 Å². The molecular weight excluding hydrogens is 330 g/mol. The van der Waals surface area contributed by atoms with Gasteiger partial charge < -0.3 is 9.42 Å². The van der Waals surface area contributed by atoms with E-state index in [1.165, 1.54) is 12.8 Å². The van der Waals surface area contributed by atoms with Gasteiger partial charge in [0.05, 0.1) is 6.04 Å². The molecule has 1 aliphatic heterocycles. The lowest BCUT2D eigenvalue weighted by Gasteiger charge is -2.36. The Balaban J connectivity index is 1.88. The molecule has 0 bridgehead atoms. The van der Waals surface area contributed by atoms with E-state index >= 15 is 0 Å². The first-order chi connectivity index (χ1) is 11.2. The van der Waals surface area contributed by atoms with Crippen LogP contribution in [0.15, 0.2) is 39.8 Å². The predicted octanol–water partition coefficient (Wildman–Crippen LogP) is 4.87. The van der Waals surface area contributed by atoms with Crippen LogP contribution in [0.5, 0.6) is 0 Å². The molecule has 2 heterocycles. The lowest BCUT2D eigenvalue weighted by molar-refractivity contribution is 0.237. The van der Waals surface area contributed by atoms with Crippen molar-refractivity contribution in [2.24, 2.45) is 4.99 Å². The predicted molar refractivity (Wildman–Crippen MR) is 97.1 cm³/mol. The van der Waals surface area contributed by atoms with Crippen LogP contribution < -0.4 is 0 Å². The highest BCUT2D eigenvalue weighted by atomic mass is 35.5. The van der Waals surface area contributed by atoms with Crippen molar-refractivity contribution in [3.8, 4) is 11.3 Å². The fraction of sp³-hybridized carbons (Fsp3) is 0.412. The van der Waals surface area contributed by atoms with Gasteiger partial charge in [-0.15, -0.1) is 0 Å². The first-order valence-electron chi connectivity index (χ1n) is 7.73. The molecule has 0 N–H and O–H groups in total. The quantitative estimate of drug-likeness (QED) is 0.573. The van der Waals surface area contributed by atoms with Crippen LogP contribution in [0.4, 0.5) is 0 Å². The number of hydrogen-bond acceptors (Lipinski definition) is 4. The van der Waals surface area contributed by atoms with E-state index in [0.717, 1.165) is 35.2 Å². The molecule has 6 heteroatoms. The summed E-state index contributed by atoms with van der Waals surface area (Å²) in [6.07, 6.45) is 5.52. The molecule has 0 amide bonds. The van der Waals surface area contributed by atoms with Crippen molar-refractivity contribution in [2.45, 2.75) is 25.3 Å². The Morgan fingerprint density at radius 1 is 1.39 bits per heavy atom. The molecule has 0 aliphatic carbocycles. The fourth-order valence-corrected chi connectivity index (χ4v) is 3.85. The maximum atomic E-state index is 6.06. The van der Waals surface area contributed by atoms with Crippen LogP contribution in [0.2, 0.25) is 5.02 Å². The number of thioether (sulfide) groups is 1. The number of nitrogens with zero attached hydrogens (tertiary/aromatic N) is 3. The normalized spacial score (nSPS) is 19.2. The van der Waals surface area contributed by atoms with E-state index in [1.54, 1.807) is 11.8 Å². The minimum absolute atomic E-state index is 0.228. The van der Waals surface area contributed by atoms with Crippen LogP contribution in [-0.4, -0.2) is 35.1 Å². The molecule has 1 aromatic carbocycles. The third-order valence-corrected chi connectivity index (χ3v) is 5.12. The van der Waals surface area contributed by atoms with Gasteiger partial charge in [0, 0.05) is 30.2 Å². The van der Waals surface area contributed by atoms with Gasteiger partial charge in [-0.1, -0.05) is 40.7 Å². The molecule has 1 fully saturated rings. The van der Waals surface area contributed by atoms with E-state index in [9.17, 15) is 0 Å². The SMILES string of the molecule is CN=C(SC)N1CCCCC1c1cc(-c2cccc(Cl)c2)on1. The number of piperidine rings is 1. The highest BCUT2D eigenvalue weighted by Crippen LogP contribution is 2.34. The Morgan fingerprint density at radius 3 is 3.00 bits per heavy atom. The van der Waals surface area contributed by atoms with Crippen molar-refractivity contribution < 1.29 is 4.52 Å². The molecule has 122 valence electrons. The molecule has 2 aromatic rings. The van der Waals surface area contributed by atoms with Crippen molar-refractivity contribution in [2.75, 3.05) is 19.8 Å². The molecular formula is C17H20ClN3OS. The number of rotatable bonds is 2. The van der Waals surface area contributed by atoms with E-state index in [1.807, 2.05) is 37.4 Å². The summed E-state index contributed by atoms with van der Waals surface area (Å²) in [4.78, 5) is 6.75.